The van der Waals surface area contributed by atoms with Crippen LogP contribution in [0.5, 0.6) is 0 Å². The van der Waals surface area contributed by atoms with Crippen LogP contribution in [0, 0.1) is 0 Å². The molecule has 0 fully saturated rings. The Labute approximate surface area is 127 Å². The predicted molar refractivity (Wildman–Crippen MR) is 83.8 cm³/mol. The molecule has 6 nitrogen and oxygen atoms in total. The summed E-state index contributed by atoms with van der Waals surface area (Å²) in [5, 5.41) is 3.04. The van der Waals surface area contributed by atoms with Gasteiger partial charge in [0.15, 0.2) is 0 Å². The van der Waals surface area contributed by atoms with Gasteiger partial charge in [-0.25, -0.2) is 13.1 Å². The van der Waals surface area contributed by atoms with E-state index in [-0.39, 0.29) is 0 Å². The standard InChI is InChI=1S/C14H27N3O3S/c1-4-8-20-9-6-7-16-21(18,19)14-10-13(11-15-3)17(5-2)12-14/h10,12,15-16H,4-9,11H2,1-3H3. The second kappa shape index (κ2) is 9.19. The van der Waals surface area contributed by atoms with Crippen molar-refractivity contribution in [3.05, 3.63) is 18.0 Å². The van der Waals surface area contributed by atoms with Gasteiger partial charge >= 0.3 is 0 Å². The lowest BCUT2D eigenvalue weighted by Crippen LogP contribution is -2.25. The highest BCUT2D eigenvalue weighted by Crippen LogP contribution is 2.14. The molecular formula is C14H27N3O3S. The van der Waals surface area contributed by atoms with Crippen molar-refractivity contribution in [1.29, 1.82) is 0 Å². The SMILES string of the molecule is CCCOCCCNS(=O)(=O)c1cc(CNC)n(CC)c1. The topological polar surface area (TPSA) is 72.4 Å². The van der Waals surface area contributed by atoms with Crippen LogP contribution >= 0.6 is 0 Å². The van der Waals surface area contributed by atoms with Crippen LogP contribution in [0.1, 0.15) is 32.4 Å². The van der Waals surface area contributed by atoms with Gasteiger partial charge in [-0.1, -0.05) is 6.92 Å². The Kier molecular flexibility index (Phi) is 7.95. The van der Waals surface area contributed by atoms with Gasteiger partial charge in [-0.05, 0) is 32.9 Å². The lowest BCUT2D eigenvalue weighted by molar-refractivity contribution is 0.133. The first-order valence-electron chi connectivity index (χ1n) is 7.46. The number of nitrogens with zero attached hydrogens (tertiary/aromatic N) is 1. The zero-order valence-corrected chi connectivity index (χ0v) is 14.0. The van der Waals surface area contributed by atoms with Gasteiger partial charge in [-0.2, -0.15) is 0 Å². The number of aryl methyl sites for hydroxylation is 1. The molecule has 21 heavy (non-hydrogen) atoms. The molecule has 0 aromatic carbocycles. The van der Waals surface area contributed by atoms with Crippen molar-refractivity contribution in [2.24, 2.45) is 0 Å². The Balaban J connectivity index is 2.57. The van der Waals surface area contributed by atoms with Gasteiger partial charge in [0.1, 0.15) is 0 Å². The van der Waals surface area contributed by atoms with E-state index in [9.17, 15) is 8.42 Å². The molecular weight excluding hydrogens is 290 g/mol. The van der Waals surface area contributed by atoms with Crippen molar-refractivity contribution < 1.29 is 13.2 Å². The van der Waals surface area contributed by atoms with Crippen molar-refractivity contribution in [3.8, 4) is 0 Å². The molecule has 0 saturated heterocycles. The van der Waals surface area contributed by atoms with Crippen LogP contribution in [0.2, 0.25) is 0 Å². The highest BCUT2D eigenvalue weighted by Gasteiger charge is 2.17. The van der Waals surface area contributed by atoms with Crippen molar-refractivity contribution in [2.75, 3.05) is 26.8 Å². The van der Waals surface area contributed by atoms with Gasteiger partial charge in [0.05, 0.1) is 4.90 Å². The van der Waals surface area contributed by atoms with Crippen LogP contribution < -0.4 is 10.0 Å². The number of sulfonamides is 1. The minimum absolute atomic E-state index is 0.323. The van der Waals surface area contributed by atoms with Gasteiger partial charge in [0.2, 0.25) is 10.0 Å². The number of rotatable bonds is 11. The highest BCUT2D eigenvalue weighted by atomic mass is 32.2. The molecule has 0 unspecified atom stereocenters. The summed E-state index contributed by atoms with van der Waals surface area (Å²) in [6, 6.07) is 1.72. The monoisotopic (exact) mass is 317 g/mol. The first-order valence-corrected chi connectivity index (χ1v) is 8.94. The largest absolute Gasteiger partial charge is 0.381 e. The van der Waals surface area contributed by atoms with Crippen LogP contribution in [-0.2, 0) is 27.8 Å². The Hall–Kier alpha value is -0.890. The Bertz CT molecular complexity index is 512. The molecule has 0 amide bonds. The van der Waals surface area contributed by atoms with Gasteiger partial charge in [0.25, 0.3) is 0 Å². The fourth-order valence-electron chi connectivity index (χ4n) is 2.01. The Morgan fingerprint density at radius 1 is 1.29 bits per heavy atom. The molecule has 2 N–H and O–H groups in total. The van der Waals surface area contributed by atoms with E-state index in [2.05, 4.69) is 10.0 Å². The van der Waals surface area contributed by atoms with E-state index >= 15 is 0 Å². The van der Waals surface area contributed by atoms with E-state index in [4.69, 9.17) is 4.74 Å². The highest BCUT2D eigenvalue weighted by molar-refractivity contribution is 7.89. The maximum absolute atomic E-state index is 12.2. The Morgan fingerprint density at radius 2 is 2.05 bits per heavy atom. The molecule has 0 saturated carbocycles. The molecule has 0 bridgehead atoms. The van der Waals surface area contributed by atoms with E-state index in [0.29, 0.717) is 31.0 Å². The maximum atomic E-state index is 12.2. The van der Waals surface area contributed by atoms with Gasteiger partial charge in [0, 0.05) is 44.7 Å². The second-order valence-electron chi connectivity index (χ2n) is 4.85. The normalized spacial score (nSPS) is 12.0. The summed E-state index contributed by atoms with van der Waals surface area (Å²) >= 11 is 0. The lowest BCUT2D eigenvalue weighted by atomic mass is 10.4. The van der Waals surface area contributed by atoms with E-state index in [1.54, 1.807) is 12.3 Å². The number of ether oxygens (including phenoxy) is 1. The molecule has 0 aliphatic rings. The van der Waals surface area contributed by atoms with Crippen LogP contribution in [0.4, 0.5) is 0 Å². The first-order chi connectivity index (χ1) is 10.0. The lowest BCUT2D eigenvalue weighted by Gasteiger charge is -2.05. The molecule has 1 aromatic heterocycles. The van der Waals surface area contributed by atoms with Crippen molar-refractivity contribution >= 4 is 10.0 Å². The third kappa shape index (κ3) is 5.78. The summed E-state index contributed by atoms with van der Waals surface area (Å²) in [5.74, 6) is 0. The van der Waals surface area contributed by atoms with Crippen LogP contribution in [0.15, 0.2) is 17.2 Å². The number of hydrogen-bond donors (Lipinski definition) is 2. The summed E-state index contributed by atoms with van der Waals surface area (Å²) < 4.78 is 34.3. The fraction of sp³-hybridized carbons (Fsp3) is 0.714. The summed E-state index contributed by atoms with van der Waals surface area (Å²) in [6.07, 6.45) is 3.34. The van der Waals surface area contributed by atoms with Gasteiger partial charge in [-0.15, -0.1) is 0 Å². The van der Waals surface area contributed by atoms with Crippen molar-refractivity contribution in [2.45, 2.75) is 44.7 Å². The smallest absolute Gasteiger partial charge is 0.242 e. The minimum Gasteiger partial charge on any atom is -0.381 e. The van der Waals surface area contributed by atoms with Crippen LogP contribution in [0.25, 0.3) is 0 Å². The molecule has 0 spiro atoms. The predicted octanol–water partition coefficient (Wildman–Crippen LogP) is 1.32. The zero-order valence-electron chi connectivity index (χ0n) is 13.2. The zero-order chi connectivity index (χ0) is 15.7. The van der Waals surface area contributed by atoms with E-state index in [1.807, 2.05) is 25.5 Å². The summed E-state index contributed by atoms with van der Waals surface area (Å²) in [6.45, 7) is 7.13. The van der Waals surface area contributed by atoms with E-state index in [0.717, 1.165) is 25.3 Å². The number of nitrogens with one attached hydrogen (secondary N) is 2. The quantitative estimate of drug-likeness (QED) is 0.604. The molecule has 0 radical (unpaired) electrons. The van der Waals surface area contributed by atoms with Crippen LogP contribution in [0.3, 0.4) is 0 Å². The molecule has 7 heteroatoms. The van der Waals surface area contributed by atoms with Crippen molar-refractivity contribution in [3.63, 3.8) is 0 Å². The molecule has 1 aromatic rings. The minimum atomic E-state index is -3.44. The number of aromatic nitrogens is 1. The summed E-state index contributed by atoms with van der Waals surface area (Å²) in [4.78, 5) is 0.323. The van der Waals surface area contributed by atoms with Crippen molar-refractivity contribution in [1.82, 2.24) is 14.6 Å². The van der Waals surface area contributed by atoms with Gasteiger partial charge in [-0.3, -0.25) is 0 Å². The fourth-order valence-corrected chi connectivity index (χ4v) is 3.14. The average Bonchev–Trinajstić information content (AvgIpc) is 2.87. The summed E-state index contributed by atoms with van der Waals surface area (Å²) in [7, 11) is -1.59. The Morgan fingerprint density at radius 3 is 2.67 bits per heavy atom. The third-order valence-electron chi connectivity index (χ3n) is 3.08. The van der Waals surface area contributed by atoms with E-state index in [1.165, 1.54) is 0 Å². The summed E-state index contributed by atoms with van der Waals surface area (Å²) in [5.41, 5.74) is 0.964. The average molecular weight is 317 g/mol. The molecule has 122 valence electrons. The van der Waals surface area contributed by atoms with Crippen LogP contribution in [-0.4, -0.2) is 39.8 Å². The third-order valence-corrected chi connectivity index (χ3v) is 4.50. The maximum Gasteiger partial charge on any atom is 0.242 e. The molecule has 0 atom stereocenters. The van der Waals surface area contributed by atoms with Gasteiger partial charge < -0.3 is 14.6 Å². The molecule has 0 aliphatic carbocycles. The number of hydrogen-bond acceptors (Lipinski definition) is 4. The van der Waals surface area contributed by atoms with E-state index < -0.39 is 10.0 Å². The molecule has 1 heterocycles. The second-order valence-corrected chi connectivity index (χ2v) is 6.61. The molecule has 1 rings (SSSR count). The first kappa shape index (κ1) is 18.2. The molecule has 0 aliphatic heterocycles.